The summed E-state index contributed by atoms with van der Waals surface area (Å²) in [6.07, 6.45) is 0. The monoisotopic (exact) mass is 227 g/mol. The Labute approximate surface area is 91.2 Å². The number of halogens is 1. The van der Waals surface area contributed by atoms with Gasteiger partial charge in [0.05, 0.1) is 12.1 Å². The van der Waals surface area contributed by atoms with Crippen molar-refractivity contribution in [2.45, 2.75) is 5.88 Å². The SMILES string of the molecule is COc1cc(CCl)cc2sc(N)cc12. The quantitative estimate of drug-likeness (QED) is 0.800. The van der Waals surface area contributed by atoms with Gasteiger partial charge in [0, 0.05) is 16.0 Å². The standard InChI is InChI=1S/C10H10ClNOS/c1-13-8-2-6(5-11)3-9-7(8)4-10(12)14-9/h2-4H,5,12H2,1H3. The van der Waals surface area contributed by atoms with Gasteiger partial charge in [-0.25, -0.2) is 0 Å². The number of anilines is 1. The third-order valence-electron chi connectivity index (χ3n) is 2.05. The highest BCUT2D eigenvalue weighted by Crippen LogP contribution is 2.35. The number of fused-ring (bicyclic) bond motifs is 1. The second-order valence-corrected chi connectivity index (χ2v) is 4.37. The Morgan fingerprint density at radius 1 is 1.43 bits per heavy atom. The molecule has 0 unspecified atom stereocenters. The van der Waals surface area contributed by atoms with Gasteiger partial charge < -0.3 is 10.5 Å². The average molecular weight is 228 g/mol. The topological polar surface area (TPSA) is 35.2 Å². The molecule has 1 heterocycles. The second kappa shape index (κ2) is 3.67. The Bertz CT molecular complexity index is 466. The van der Waals surface area contributed by atoms with Crippen molar-refractivity contribution >= 4 is 38.0 Å². The lowest BCUT2D eigenvalue weighted by Crippen LogP contribution is -1.85. The van der Waals surface area contributed by atoms with Crippen LogP contribution < -0.4 is 10.5 Å². The zero-order chi connectivity index (χ0) is 10.1. The number of nitrogen functional groups attached to an aromatic ring is 1. The second-order valence-electron chi connectivity index (χ2n) is 2.99. The van der Waals surface area contributed by atoms with Gasteiger partial charge in [0.25, 0.3) is 0 Å². The minimum atomic E-state index is 0.490. The normalized spacial score (nSPS) is 10.7. The van der Waals surface area contributed by atoms with Gasteiger partial charge in [0.1, 0.15) is 5.75 Å². The maximum absolute atomic E-state index is 5.78. The lowest BCUT2D eigenvalue weighted by Gasteiger charge is -2.03. The molecule has 1 aromatic carbocycles. The van der Waals surface area contributed by atoms with Crippen molar-refractivity contribution < 1.29 is 4.74 Å². The van der Waals surface area contributed by atoms with Crippen molar-refractivity contribution in [2.75, 3.05) is 12.8 Å². The fraction of sp³-hybridized carbons (Fsp3) is 0.200. The molecule has 0 saturated heterocycles. The molecule has 74 valence electrons. The first kappa shape index (κ1) is 9.62. The molecule has 0 atom stereocenters. The van der Waals surface area contributed by atoms with E-state index >= 15 is 0 Å². The number of hydrogen-bond acceptors (Lipinski definition) is 3. The third kappa shape index (κ3) is 1.53. The predicted octanol–water partition coefficient (Wildman–Crippen LogP) is 3.23. The number of thiophene rings is 1. The van der Waals surface area contributed by atoms with Gasteiger partial charge in [-0.05, 0) is 23.8 Å². The molecule has 2 nitrogen and oxygen atoms in total. The summed E-state index contributed by atoms with van der Waals surface area (Å²) >= 11 is 7.33. The summed E-state index contributed by atoms with van der Waals surface area (Å²) in [4.78, 5) is 0. The Morgan fingerprint density at radius 2 is 2.21 bits per heavy atom. The Morgan fingerprint density at radius 3 is 2.86 bits per heavy atom. The number of ether oxygens (including phenoxy) is 1. The molecular formula is C10H10ClNOS. The van der Waals surface area contributed by atoms with E-state index in [0.717, 1.165) is 26.4 Å². The summed E-state index contributed by atoms with van der Waals surface area (Å²) in [7, 11) is 1.65. The molecule has 2 N–H and O–H groups in total. The molecule has 2 rings (SSSR count). The van der Waals surface area contributed by atoms with Crippen LogP contribution in [-0.4, -0.2) is 7.11 Å². The van der Waals surface area contributed by atoms with E-state index in [1.807, 2.05) is 18.2 Å². The number of rotatable bonds is 2. The fourth-order valence-corrected chi connectivity index (χ4v) is 2.49. The first-order chi connectivity index (χ1) is 6.74. The minimum Gasteiger partial charge on any atom is -0.496 e. The fourth-order valence-electron chi connectivity index (χ4n) is 1.43. The first-order valence-corrected chi connectivity index (χ1v) is 5.51. The van der Waals surface area contributed by atoms with Gasteiger partial charge >= 0.3 is 0 Å². The molecule has 0 aliphatic rings. The van der Waals surface area contributed by atoms with Gasteiger partial charge in [0.2, 0.25) is 0 Å². The Hall–Kier alpha value is -0.930. The highest BCUT2D eigenvalue weighted by molar-refractivity contribution is 7.22. The summed E-state index contributed by atoms with van der Waals surface area (Å²) in [6, 6.07) is 5.92. The van der Waals surface area contributed by atoms with E-state index in [1.165, 1.54) is 0 Å². The van der Waals surface area contributed by atoms with Crippen molar-refractivity contribution in [2.24, 2.45) is 0 Å². The molecule has 0 amide bonds. The van der Waals surface area contributed by atoms with Gasteiger partial charge in [-0.3, -0.25) is 0 Å². The number of nitrogens with two attached hydrogens (primary N) is 1. The average Bonchev–Trinajstić information content (AvgIpc) is 2.56. The van der Waals surface area contributed by atoms with Crippen molar-refractivity contribution in [1.29, 1.82) is 0 Å². The maximum atomic E-state index is 5.78. The van der Waals surface area contributed by atoms with Gasteiger partial charge in [0.15, 0.2) is 0 Å². The molecule has 0 saturated carbocycles. The van der Waals surface area contributed by atoms with E-state index in [4.69, 9.17) is 22.1 Å². The molecule has 0 aliphatic carbocycles. The van der Waals surface area contributed by atoms with Crippen LogP contribution >= 0.6 is 22.9 Å². The van der Waals surface area contributed by atoms with Crippen molar-refractivity contribution in [3.8, 4) is 5.75 Å². The number of hydrogen-bond donors (Lipinski definition) is 1. The van der Waals surface area contributed by atoms with Crippen molar-refractivity contribution in [1.82, 2.24) is 0 Å². The van der Waals surface area contributed by atoms with Crippen molar-refractivity contribution in [3.05, 3.63) is 23.8 Å². The van der Waals surface area contributed by atoms with Gasteiger partial charge in [-0.2, -0.15) is 0 Å². The molecule has 2 aromatic rings. The maximum Gasteiger partial charge on any atom is 0.127 e. The van der Waals surface area contributed by atoms with E-state index in [0.29, 0.717) is 5.88 Å². The molecule has 1 aromatic heterocycles. The van der Waals surface area contributed by atoms with E-state index in [-0.39, 0.29) is 0 Å². The van der Waals surface area contributed by atoms with E-state index < -0.39 is 0 Å². The Balaban J connectivity index is 2.72. The largest absolute Gasteiger partial charge is 0.496 e. The third-order valence-corrected chi connectivity index (χ3v) is 3.27. The summed E-state index contributed by atoms with van der Waals surface area (Å²) in [5.74, 6) is 1.33. The molecule has 0 bridgehead atoms. The highest BCUT2D eigenvalue weighted by Gasteiger charge is 2.07. The van der Waals surface area contributed by atoms with Crippen LogP contribution in [-0.2, 0) is 5.88 Å². The molecule has 4 heteroatoms. The number of alkyl halides is 1. The molecule has 0 radical (unpaired) electrons. The molecular weight excluding hydrogens is 218 g/mol. The predicted molar refractivity (Wildman–Crippen MR) is 62.3 cm³/mol. The van der Waals surface area contributed by atoms with Gasteiger partial charge in [-0.1, -0.05) is 0 Å². The summed E-state index contributed by atoms with van der Waals surface area (Å²) in [5, 5.41) is 1.86. The molecule has 14 heavy (non-hydrogen) atoms. The zero-order valence-electron chi connectivity index (χ0n) is 7.71. The Kier molecular flexibility index (Phi) is 2.52. The summed E-state index contributed by atoms with van der Waals surface area (Å²) in [5.41, 5.74) is 6.79. The van der Waals surface area contributed by atoms with E-state index in [2.05, 4.69) is 0 Å². The summed E-state index contributed by atoms with van der Waals surface area (Å²) < 4.78 is 6.40. The van der Waals surface area contributed by atoms with Crippen molar-refractivity contribution in [3.63, 3.8) is 0 Å². The molecule has 0 aliphatic heterocycles. The molecule has 0 spiro atoms. The van der Waals surface area contributed by atoms with Crippen LogP contribution in [0.5, 0.6) is 5.75 Å². The van der Waals surface area contributed by atoms with Crippen LogP contribution in [0.3, 0.4) is 0 Å². The lowest BCUT2D eigenvalue weighted by atomic mass is 10.2. The highest BCUT2D eigenvalue weighted by atomic mass is 35.5. The van der Waals surface area contributed by atoms with E-state index in [9.17, 15) is 0 Å². The van der Waals surface area contributed by atoms with Crippen LogP contribution in [0.1, 0.15) is 5.56 Å². The molecule has 0 fully saturated rings. The van der Waals surface area contributed by atoms with Crippen LogP contribution in [0.15, 0.2) is 18.2 Å². The minimum absolute atomic E-state index is 0.490. The summed E-state index contributed by atoms with van der Waals surface area (Å²) in [6.45, 7) is 0. The van der Waals surface area contributed by atoms with Crippen LogP contribution in [0.4, 0.5) is 5.00 Å². The van der Waals surface area contributed by atoms with Gasteiger partial charge in [-0.15, -0.1) is 22.9 Å². The van der Waals surface area contributed by atoms with Crippen LogP contribution in [0.2, 0.25) is 0 Å². The first-order valence-electron chi connectivity index (χ1n) is 4.16. The smallest absolute Gasteiger partial charge is 0.127 e. The number of benzene rings is 1. The van der Waals surface area contributed by atoms with Crippen LogP contribution in [0.25, 0.3) is 10.1 Å². The van der Waals surface area contributed by atoms with Crippen LogP contribution in [0, 0.1) is 0 Å². The zero-order valence-corrected chi connectivity index (χ0v) is 9.28. The number of methoxy groups -OCH3 is 1. The lowest BCUT2D eigenvalue weighted by molar-refractivity contribution is 0.419. The van der Waals surface area contributed by atoms with E-state index in [1.54, 1.807) is 18.4 Å².